The highest BCUT2D eigenvalue weighted by molar-refractivity contribution is 9.10. The molecular weight excluding hydrogens is 282 g/mol. The molecule has 0 amide bonds. The second kappa shape index (κ2) is 5.14. The van der Waals surface area contributed by atoms with Gasteiger partial charge in [-0.2, -0.15) is 0 Å². The van der Waals surface area contributed by atoms with E-state index in [9.17, 15) is 0 Å². The summed E-state index contributed by atoms with van der Waals surface area (Å²) < 4.78 is 6.52. The summed E-state index contributed by atoms with van der Waals surface area (Å²) >= 11 is 3.43. The highest BCUT2D eigenvalue weighted by Gasteiger charge is 2.08. The van der Waals surface area contributed by atoms with E-state index in [2.05, 4.69) is 25.9 Å². The van der Waals surface area contributed by atoms with Gasteiger partial charge in [-0.1, -0.05) is 0 Å². The van der Waals surface area contributed by atoms with Crippen LogP contribution in [-0.4, -0.2) is 25.3 Å². The van der Waals surface area contributed by atoms with Crippen molar-refractivity contribution in [2.24, 2.45) is 4.99 Å². The number of aromatic nitrogens is 1. The number of hydrogen-bond acceptors (Lipinski definition) is 4. The number of hydrogen-bond donors (Lipinski definition) is 0. The molecule has 2 heterocycles. The Labute approximate surface area is 108 Å². The standard InChI is InChI=1S/C12H12BrN3O/c1-16(2)12-11(13)6-10(17-12)8-15-9-4-3-5-14-7-9/h3-8H,1-2H3. The van der Waals surface area contributed by atoms with Crippen molar-refractivity contribution in [1.29, 1.82) is 0 Å². The monoisotopic (exact) mass is 293 g/mol. The van der Waals surface area contributed by atoms with Gasteiger partial charge in [-0.25, -0.2) is 0 Å². The maximum Gasteiger partial charge on any atom is 0.210 e. The van der Waals surface area contributed by atoms with Gasteiger partial charge in [0.05, 0.1) is 22.6 Å². The third kappa shape index (κ3) is 2.94. The van der Waals surface area contributed by atoms with Crippen LogP contribution in [0.2, 0.25) is 0 Å². The molecule has 0 atom stereocenters. The molecule has 0 saturated heterocycles. The highest BCUT2D eigenvalue weighted by atomic mass is 79.9. The number of pyridine rings is 1. The number of nitrogens with zero attached hydrogens (tertiary/aromatic N) is 3. The lowest BCUT2D eigenvalue weighted by atomic mass is 10.4. The summed E-state index contributed by atoms with van der Waals surface area (Å²) in [6.45, 7) is 0. The zero-order valence-corrected chi connectivity index (χ0v) is 11.2. The van der Waals surface area contributed by atoms with Crippen LogP contribution in [-0.2, 0) is 0 Å². The molecule has 0 saturated carbocycles. The van der Waals surface area contributed by atoms with Gasteiger partial charge < -0.3 is 9.32 Å². The molecule has 0 unspecified atom stereocenters. The molecule has 2 aromatic rings. The number of rotatable bonds is 3. The molecule has 2 aromatic heterocycles. The first-order chi connectivity index (χ1) is 8.16. The summed E-state index contributed by atoms with van der Waals surface area (Å²) in [6.07, 6.45) is 5.09. The average Bonchev–Trinajstić information content (AvgIpc) is 2.69. The molecule has 0 bridgehead atoms. The Morgan fingerprint density at radius 3 is 2.88 bits per heavy atom. The number of aliphatic imine (C=N–C) groups is 1. The lowest BCUT2D eigenvalue weighted by molar-refractivity contribution is 0.557. The van der Waals surface area contributed by atoms with Gasteiger partial charge in [0, 0.05) is 26.4 Å². The molecule has 0 fully saturated rings. The van der Waals surface area contributed by atoms with Crippen LogP contribution < -0.4 is 4.90 Å². The number of halogens is 1. The quantitative estimate of drug-likeness (QED) is 0.816. The van der Waals surface area contributed by atoms with Crippen LogP contribution in [0.1, 0.15) is 5.76 Å². The van der Waals surface area contributed by atoms with E-state index in [0.717, 1.165) is 16.0 Å². The summed E-state index contributed by atoms with van der Waals surface area (Å²) in [4.78, 5) is 10.2. The van der Waals surface area contributed by atoms with E-state index >= 15 is 0 Å². The Hall–Kier alpha value is -1.62. The Balaban J connectivity index is 2.20. The van der Waals surface area contributed by atoms with E-state index in [0.29, 0.717) is 5.76 Å². The third-order valence-corrected chi connectivity index (χ3v) is 2.65. The number of anilines is 1. The molecule has 5 heteroatoms. The fourth-order valence-electron chi connectivity index (χ4n) is 1.31. The predicted octanol–water partition coefficient (Wildman–Crippen LogP) is 3.25. The molecule has 0 aromatic carbocycles. The maximum absolute atomic E-state index is 5.61. The lowest BCUT2D eigenvalue weighted by Crippen LogP contribution is -2.07. The minimum atomic E-state index is 0.699. The van der Waals surface area contributed by atoms with Crippen molar-refractivity contribution in [1.82, 2.24) is 4.98 Å². The third-order valence-electron chi connectivity index (χ3n) is 2.08. The molecule has 0 aliphatic rings. The first-order valence-corrected chi connectivity index (χ1v) is 5.87. The number of furan rings is 1. The maximum atomic E-state index is 5.61. The van der Waals surface area contributed by atoms with Crippen molar-refractivity contribution >= 4 is 33.7 Å². The fourth-order valence-corrected chi connectivity index (χ4v) is 1.97. The van der Waals surface area contributed by atoms with Gasteiger partial charge >= 0.3 is 0 Å². The van der Waals surface area contributed by atoms with Crippen LogP contribution in [0.25, 0.3) is 0 Å². The molecule has 17 heavy (non-hydrogen) atoms. The first kappa shape index (κ1) is 11.9. The van der Waals surface area contributed by atoms with Crippen LogP contribution >= 0.6 is 15.9 Å². The van der Waals surface area contributed by atoms with Gasteiger partial charge in [-0.05, 0) is 28.1 Å². The lowest BCUT2D eigenvalue weighted by Gasteiger charge is -2.07. The fraction of sp³-hybridized carbons (Fsp3) is 0.167. The molecule has 0 N–H and O–H groups in total. The van der Waals surface area contributed by atoms with Gasteiger partial charge in [0.1, 0.15) is 5.76 Å². The van der Waals surface area contributed by atoms with Gasteiger partial charge in [0.25, 0.3) is 0 Å². The topological polar surface area (TPSA) is 41.6 Å². The van der Waals surface area contributed by atoms with E-state index in [1.807, 2.05) is 37.2 Å². The molecule has 88 valence electrons. The van der Waals surface area contributed by atoms with E-state index in [1.54, 1.807) is 18.6 Å². The van der Waals surface area contributed by atoms with Crippen LogP contribution in [0.3, 0.4) is 0 Å². The second-order valence-corrected chi connectivity index (χ2v) is 4.52. The Kier molecular flexibility index (Phi) is 3.58. The molecular formula is C12H12BrN3O. The summed E-state index contributed by atoms with van der Waals surface area (Å²) in [5.41, 5.74) is 0.798. The normalized spacial score (nSPS) is 11.0. The Bertz CT molecular complexity index is 520. The minimum Gasteiger partial charge on any atom is -0.438 e. The zero-order valence-electron chi connectivity index (χ0n) is 9.59. The van der Waals surface area contributed by atoms with Crippen molar-refractivity contribution in [3.63, 3.8) is 0 Å². The van der Waals surface area contributed by atoms with Gasteiger partial charge in [-0.3, -0.25) is 9.98 Å². The SMILES string of the molecule is CN(C)c1oc(C=Nc2cccnc2)cc1Br. The van der Waals surface area contributed by atoms with Gasteiger partial charge in [0.2, 0.25) is 5.88 Å². The summed E-state index contributed by atoms with van der Waals surface area (Å²) in [7, 11) is 3.84. The summed E-state index contributed by atoms with van der Waals surface area (Å²) in [5, 5.41) is 0. The molecule has 0 aliphatic heterocycles. The van der Waals surface area contributed by atoms with Gasteiger partial charge in [0.15, 0.2) is 0 Å². The Morgan fingerprint density at radius 1 is 1.47 bits per heavy atom. The van der Waals surface area contributed by atoms with Crippen molar-refractivity contribution in [2.75, 3.05) is 19.0 Å². The first-order valence-electron chi connectivity index (χ1n) is 5.07. The van der Waals surface area contributed by atoms with Crippen molar-refractivity contribution < 1.29 is 4.42 Å². The smallest absolute Gasteiger partial charge is 0.210 e. The molecule has 4 nitrogen and oxygen atoms in total. The summed E-state index contributed by atoms with van der Waals surface area (Å²) in [6, 6.07) is 5.61. The minimum absolute atomic E-state index is 0.699. The van der Waals surface area contributed by atoms with Crippen LogP contribution in [0, 0.1) is 0 Å². The van der Waals surface area contributed by atoms with Crippen molar-refractivity contribution in [3.8, 4) is 0 Å². The predicted molar refractivity (Wildman–Crippen MR) is 72.2 cm³/mol. The second-order valence-electron chi connectivity index (χ2n) is 3.67. The zero-order chi connectivity index (χ0) is 12.3. The van der Waals surface area contributed by atoms with Gasteiger partial charge in [-0.15, -0.1) is 0 Å². The molecule has 0 spiro atoms. The highest BCUT2D eigenvalue weighted by Crippen LogP contribution is 2.28. The van der Waals surface area contributed by atoms with Crippen LogP contribution in [0.5, 0.6) is 0 Å². The molecule has 0 radical (unpaired) electrons. The average molecular weight is 294 g/mol. The van der Waals surface area contributed by atoms with Crippen molar-refractivity contribution in [3.05, 3.63) is 40.8 Å². The van der Waals surface area contributed by atoms with E-state index in [1.165, 1.54) is 0 Å². The largest absolute Gasteiger partial charge is 0.438 e. The summed E-state index contributed by atoms with van der Waals surface area (Å²) in [5.74, 6) is 1.47. The van der Waals surface area contributed by atoms with Crippen LogP contribution in [0.15, 0.2) is 44.5 Å². The molecule has 2 rings (SSSR count). The molecule has 0 aliphatic carbocycles. The van der Waals surface area contributed by atoms with E-state index < -0.39 is 0 Å². The van der Waals surface area contributed by atoms with Crippen LogP contribution in [0.4, 0.5) is 11.6 Å². The van der Waals surface area contributed by atoms with Crippen molar-refractivity contribution in [2.45, 2.75) is 0 Å². The van der Waals surface area contributed by atoms with E-state index in [-0.39, 0.29) is 0 Å². The van der Waals surface area contributed by atoms with E-state index in [4.69, 9.17) is 4.42 Å². The Morgan fingerprint density at radius 2 is 2.29 bits per heavy atom.